The Hall–Kier alpha value is -2.54. The molecule has 1 aliphatic rings. The molecule has 2 heterocycles. The first kappa shape index (κ1) is 21.2. The highest BCUT2D eigenvalue weighted by Gasteiger charge is 2.23. The van der Waals surface area contributed by atoms with E-state index < -0.39 is 20.0 Å². The van der Waals surface area contributed by atoms with Crippen LogP contribution in [0.5, 0.6) is 0 Å². The Morgan fingerprint density at radius 2 is 1.76 bits per heavy atom. The molecule has 10 nitrogen and oxygen atoms in total. The second-order valence-electron chi connectivity index (χ2n) is 6.24. The molecule has 1 aromatic carbocycles. The number of sulfonamides is 2. The minimum absolute atomic E-state index is 0.0130. The summed E-state index contributed by atoms with van der Waals surface area (Å²) in [5.41, 5.74) is 3.65. The van der Waals surface area contributed by atoms with Gasteiger partial charge in [0.2, 0.25) is 15.9 Å². The van der Waals surface area contributed by atoms with Gasteiger partial charge in [0.25, 0.3) is 10.0 Å². The molecule has 0 bridgehead atoms. The van der Waals surface area contributed by atoms with Crippen molar-refractivity contribution in [3.63, 3.8) is 0 Å². The fraction of sp³-hybridized carbons (Fsp3) is 0.294. The number of nitrogens with one attached hydrogen (secondary N) is 3. The average Bonchev–Trinajstić information content (AvgIpc) is 3.06. The van der Waals surface area contributed by atoms with E-state index in [4.69, 9.17) is 0 Å². The maximum Gasteiger partial charge on any atom is 0.257 e. The lowest BCUT2D eigenvalue weighted by molar-refractivity contribution is -0.115. The molecule has 29 heavy (non-hydrogen) atoms. The number of aromatic nitrogens is 1. The van der Waals surface area contributed by atoms with Crippen LogP contribution in [0.1, 0.15) is 19.4 Å². The molecule has 1 amide bonds. The first-order valence-electron chi connectivity index (χ1n) is 8.84. The van der Waals surface area contributed by atoms with Gasteiger partial charge in [-0.3, -0.25) is 10.2 Å². The molecular formula is C17H21N5O5S2. The van der Waals surface area contributed by atoms with Crippen molar-refractivity contribution < 1.29 is 21.6 Å². The number of benzene rings is 1. The van der Waals surface area contributed by atoms with E-state index >= 15 is 0 Å². The summed E-state index contributed by atoms with van der Waals surface area (Å²) in [4.78, 5) is 17.6. The lowest BCUT2D eigenvalue weighted by atomic mass is 10.2. The summed E-state index contributed by atoms with van der Waals surface area (Å²) in [7, 11) is -7.57. The summed E-state index contributed by atoms with van der Waals surface area (Å²) in [6, 6.07) is 7.04. The zero-order valence-corrected chi connectivity index (χ0v) is 17.5. The van der Waals surface area contributed by atoms with Crippen molar-refractivity contribution >= 4 is 37.5 Å². The Morgan fingerprint density at radius 1 is 1.07 bits per heavy atom. The summed E-state index contributed by atoms with van der Waals surface area (Å²) < 4.78 is 51.1. The highest BCUT2D eigenvalue weighted by atomic mass is 32.2. The fourth-order valence-corrected chi connectivity index (χ4v) is 5.18. The van der Waals surface area contributed by atoms with Crippen LogP contribution in [0.15, 0.2) is 46.3 Å². The predicted molar refractivity (Wildman–Crippen MR) is 107 cm³/mol. The van der Waals surface area contributed by atoms with Crippen LogP contribution in [0.2, 0.25) is 0 Å². The zero-order chi connectivity index (χ0) is 21.2. The normalized spacial score (nSPS) is 14.0. The second-order valence-corrected chi connectivity index (χ2v) is 9.86. The number of hydrazine groups is 1. The maximum atomic E-state index is 12.5. The van der Waals surface area contributed by atoms with Gasteiger partial charge in [-0.1, -0.05) is 13.8 Å². The molecule has 0 fully saturated rings. The maximum absolute atomic E-state index is 12.5. The molecule has 0 aliphatic carbocycles. The van der Waals surface area contributed by atoms with E-state index in [0.717, 1.165) is 6.20 Å². The van der Waals surface area contributed by atoms with Crippen molar-refractivity contribution in [1.82, 2.24) is 14.1 Å². The quantitative estimate of drug-likeness (QED) is 0.520. The van der Waals surface area contributed by atoms with Crippen LogP contribution >= 0.6 is 0 Å². The summed E-state index contributed by atoms with van der Waals surface area (Å²) in [6.07, 6.45) is 1.28. The van der Waals surface area contributed by atoms with E-state index in [1.807, 2.05) is 0 Å². The SMILES string of the molecule is CCN(CC)S(=O)(=O)c1ccc(NNS(=O)(=O)c2ccc3c(c2)CC(=O)N3)nc1. The highest BCUT2D eigenvalue weighted by Crippen LogP contribution is 2.25. The number of anilines is 2. The molecular weight excluding hydrogens is 418 g/mol. The number of nitrogens with zero attached hydrogens (tertiary/aromatic N) is 2. The number of carbonyl (C=O) groups is 1. The van der Waals surface area contributed by atoms with Gasteiger partial charge in [-0.15, -0.1) is 4.83 Å². The van der Waals surface area contributed by atoms with Crippen LogP contribution in [0.3, 0.4) is 0 Å². The van der Waals surface area contributed by atoms with Gasteiger partial charge in [0.1, 0.15) is 10.7 Å². The van der Waals surface area contributed by atoms with Crippen LogP contribution in [0.4, 0.5) is 11.5 Å². The van der Waals surface area contributed by atoms with Crippen molar-refractivity contribution in [1.29, 1.82) is 0 Å². The summed E-state index contributed by atoms with van der Waals surface area (Å²) in [5.74, 6) is -0.0605. The summed E-state index contributed by atoms with van der Waals surface area (Å²) >= 11 is 0. The topological polar surface area (TPSA) is 138 Å². The molecule has 0 saturated carbocycles. The van der Waals surface area contributed by atoms with Gasteiger partial charge < -0.3 is 5.32 Å². The largest absolute Gasteiger partial charge is 0.326 e. The average molecular weight is 440 g/mol. The standard InChI is InChI=1S/C17H21N5O5S2/c1-3-22(4-2)29(26,27)14-6-8-16(18-11-14)20-21-28(24,25)13-5-7-15-12(9-13)10-17(23)19-15/h5-9,11,21H,3-4,10H2,1-2H3,(H,18,20)(H,19,23). The van der Waals surface area contributed by atoms with Gasteiger partial charge in [-0.05, 0) is 35.9 Å². The molecule has 156 valence electrons. The molecule has 0 unspecified atom stereocenters. The van der Waals surface area contributed by atoms with Crippen LogP contribution in [-0.2, 0) is 31.3 Å². The molecule has 1 aliphatic heterocycles. The lowest BCUT2D eigenvalue weighted by Crippen LogP contribution is -2.31. The number of amides is 1. The van der Waals surface area contributed by atoms with Crippen LogP contribution in [0, 0.1) is 0 Å². The molecule has 3 rings (SSSR count). The third-order valence-corrected chi connectivity index (χ3v) is 7.68. The molecule has 0 radical (unpaired) electrons. The van der Waals surface area contributed by atoms with Gasteiger partial charge in [-0.2, -0.15) is 4.31 Å². The van der Waals surface area contributed by atoms with E-state index in [1.54, 1.807) is 13.8 Å². The van der Waals surface area contributed by atoms with Crippen LogP contribution in [0.25, 0.3) is 0 Å². The van der Waals surface area contributed by atoms with Gasteiger partial charge in [0.15, 0.2) is 0 Å². The summed E-state index contributed by atoms with van der Waals surface area (Å²) in [6.45, 7) is 4.15. The first-order valence-corrected chi connectivity index (χ1v) is 11.8. The van der Waals surface area contributed by atoms with E-state index in [-0.39, 0.29) is 27.9 Å². The minimum atomic E-state index is -3.92. The molecule has 3 N–H and O–H groups in total. The Balaban J connectivity index is 1.71. The lowest BCUT2D eigenvalue weighted by Gasteiger charge is -2.18. The van der Waals surface area contributed by atoms with E-state index in [0.29, 0.717) is 24.3 Å². The van der Waals surface area contributed by atoms with E-state index in [1.165, 1.54) is 34.6 Å². The molecule has 0 atom stereocenters. The number of hydrogen-bond donors (Lipinski definition) is 3. The van der Waals surface area contributed by atoms with Crippen molar-refractivity contribution in [2.24, 2.45) is 0 Å². The van der Waals surface area contributed by atoms with E-state index in [9.17, 15) is 21.6 Å². The van der Waals surface area contributed by atoms with E-state index in [2.05, 4.69) is 20.6 Å². The predicted octanol–water partition coefficient (Wildman–Crippen LogP) is 0.912. The van der Waals surface area contributed by atoms with Crippen LogP contribution in [-0.4, -0.2) is 45.1 Å². The molecule has 1 aromatic heterocycles. The van der Waals surface area contributed by atoms with Crippen molar-refractivity contribution in [3.8, 4) is 0 Å². The van der Waals surface area contributed by atoms with Crippen molar-refractivity contribution in [2.75, 3.05) is 23.8 Å². The number of fused-ring (bicyclic) bond motifs is 1. The van der Waals surface area contributed by atoms with Gasteiger partial charge >= 0.3 is 0 Å². The zero-order valence-electron chi connectivity index (χ0n) is 15.8. The third kappa shape index (κ3) is 4.40. The second kappa shape index (κ2) is 8.06. The van der Waals surface area contributed by atoms with Gasteiger partial charge in [-0.25, -0.2) is 21.8 Å². The Morgan fingerprint density at radius 3 is 2.38 bits per heavy atom. The number of rotatable bonds is 8. The van der Waals surface area contributed by atoms with Gasteiger partial charge in [0.05, 0.1) is 11.3 Å². The highest BCUT2D eigenvalue weighted by molar-refractivity contribution is 7.89. The molecule has 2 aromatic rings. The Bertz CT molecular complexity index is 1130. The number of pyridine rings is 1. The number of hydrogen-bond acceptors (Lipinski definition) is 7. The van der Waals surface area contributed by atoms with Crippen molar-refractivity contribution in [2.45, 2.75) is 30.1 Å². The van der Waals surface area contributed by atoms with Crippen molar-refractivity contribution in [3.05, 3.63) is 42.1 Å². The minimum Gasteiger partial charge on any atom is -0.326 e. The monoisotopic (exact) mass is 439 g/mol. The Kier molecular flexibility index (Phi) is 5.89. The summed E-state index contributed by atoms with van der Waals surface area (Å²) in [5, 5.41) is 2.64. The number of carbonyl (C=O) groups excluding carboxylic acids is 1. The van der Waals surface area contributed by atoms with Crippen LogP contribution < -0.4 is 15.6 Å². The smallest absolute Gasteiger partial charge is 0.257 e. The Labute approximate surface area is 169 Å². The molecule has 0 spiro atoms. The molecule has 0 saturated heterocycles. The molecule has 12 heteroatoms. The first-order chi connectivity index (χ1) is 13.7. The third-order valence-electron chi connectivity index (χ3n) is 4.41. The van der Waals surface area contributed by atoms with Gasteiger partial charge in [0, 0.05) is 25.0 Å². The fourth-order valence-electron chi connectivity index (χ4n) is 2.87.